The molecule has 0 N–H and O–H groups in total. The Morgan fingerprint density at radius 1 is 0.306 bits per heavy atom. The molecule has 0 atom stereocenters. The van der Waals surface area contributed by atoms with Crippen LogP contribution in [-0.4, -0.2) is 0 Å². The van der Waals surface area contributed by atoms with Crippen LogP contribution in [0.2, 0.25) is 0 Å². The largest absolute Gasteiger partial charge is 0.455 e. The molecule has 0 spiro atoms. The average molecular weight is 623 g/mol. The van der Waals surface area contributed by atoms with Gasteiger partial charge in [-0.05, 0) is 89.5 Å². The molecule has 0 amide bonds. The summed E-state index contributed by atoms with van der Waals surface area (Å²) in [5, 5.41) is 8.84. The van der Waals surface area contributed by atoms with Crippen molar-refractivity contribution in [2.24, 2.45) is 0 Å². The molecule has 1 nitrogen and oxygen atoms in total. The summed E-state index contributed by atoms with van der Waals surface area (Å²) in [5.41, 5.74) is 11.5. The molecule has 9 aromatic carbocycles. The molecule has 0 fully saturated rings. The maximum absolute atomic E-state index is 6.71. The van der Waals surface area contributed by atoms with Crippen molar-refractivity contribution in [2.45, 2.75) is 0 Å². The monoisotopic (exact) mass is 622 g/mol. The van der Waals surface area contributed by atoms with E-state index in [4.69, 9.17) is 4.42 Å². The molecule has 0 aliphatic rings. The van der Waals surface area contributed by atoms with E-state index < -0.39 is 0 Å². The topological polar surface area (TPSA) is 13.1 Å². The van der Waals surface area contributed by atoms with Gasteiger partial charge in [0.2, 0.25) is 0 Å². The van der Waals surface area contributed by atoms with Crippen molar-refractivity contribution >= 4 is 43.3 Å². The van der Waals surface area contributed by atoms with Crippen LogP contribution in [0, 0.1) is 0 Å². The average Bonchev–Trinajstić information content (AvgIpc) is 3.57. The van der Waals surface area contributed by atoms with E-state index in [1.807, 2.05) is 6.07 Å². The van der Waals surface area contributed by atoms with Crippen LogP contribution in [0.25, 0.3) is 99.1 Å². The van der Waals surface area contributed by atoms with Crippen LogP contribution in [0.1, 0.15) is 0 Å². The Kier molecular flexibility index (Phi) is 6.25. The van der Waals surface area contributed by atoms with Gasteiger partial charge in [0.05, 0.1) is 0 Å². The van der Waals surface area contributed by atoms with Crippen molar-refractivity contribution in [2.75, 3.05) is 0 Å². The zero-order valence-electron chi connectivity index (χ0n) is 26.7. The highest BCUT2D eigenvalue weighted by Gasteiger charge is 2.20. The molecule has 0 radical (unpaired) electrons. The van der Waals surface area contributed by atoms with Gasteiger partial charge in [0.1, 0.15) is 11.3 Å². The first kappa shape index (κ1) is 27.7. The second kappa shape index (κ2) is 11.1. The third-order valence-corrected chi connectivity index (χ3v) is 10.0. The number of para-hydroxylation sites is 1. The van der Waals surface area contributed by atoms with Gasteiger partial charge in [-0.15, -0.1) is 0 Å². The quantitative estimate of drug-likeness (QED) is 0.174. The van der Waals surface area contributed by atoms with Crippen molar-refractivity contribution in [3.63, 3.8) is 0 Å². The minimum absolute atomic E-state index is 0.887. The van der Waals surface area contributed by atoms with Crippen LogP contribution in [0.4, 0.5) is 0 Å². The molecular weight excluding hydrogens is 593 g/mol. The molecule has 228 valence electrons. The normalized spacial score (nSPS) is 11.7. The van der Waals surface area contributed by atoms with E-state index in [1.54, 1.807) is 0 Å². The van der Waals surface area contributed by atoms with E-state index in [2.05, 4.69) is 176 Å². The number of benzene rings is 9. The number of fused-ring (bicyclic) bond motifs is 1. The fourth-order valence-electron chi connectivity index (χ4n) is 7.77. The Morgan fingerprint density at radius 3 is 1.53 bits per heavy atom. The van der Waals surface area contributed by atoms with Crippen molar-refractivity contribution in [1.82, 2.24) is 0 Å². The minimum atomic E-state index is 0.887. The molecule has 0 saturated carbocycles. The van der Waals surface area contributed by atoms with Crippen molar-refractivity contribution < 1.29 is 4.42 Å². The molecule has 0 aliphatic heterocycles. The van der Waals surface area contributed by atoms with Crippen LogP contribution in [0.3, 0.4) is 0 Å². The summed E-state index contributed by atoms with van der Waals surface area (Å²) in [4.78, 5) is 0. The van der Waals surface area contributed by atoms with Gasteiger partial charge in [-0.25, -0.2) is 0 Å². The lowest BCUT2D eigenvalue weighted by Gasteiger charge is -2.17. The second-order valence-corrected chi connectivity index (χ2v) is 12.8. The van der Waals surface area contributed by atoms with E-state index in [0.29, 0.717) is 0 Å². The van der Waals surface area contributed by atoms with Gasteiger partial charge in [-0.1, -0.05) is 164 Å². The highest BCUT2D eigenvalue weighted by atomic mass is 16.3. The first-order chi connectivity index (χ1) is 24.3. The third kappa shape index (κ3) is 4.47. The highest BCUT2D eigenvalue weighted by Crippen LogP contribution is 2.45. The summed E-state index contributed by atoms with van der Waals surface area (Å²) in [6.45, 7) is 0. The lowest BCUT2D eigenvalue weighted by Crippen LogP contribution is -1.90. The van der Waals surface area contributed by atoms with Gasteiger partial charge in [0.15, 0.2) is 0 Å². The Balaban J connectivity index is 1.16. The van der Waals surface area contributed by atoms with Crippen LogP contribution in [0.15, 0.2) is 186 Å². The summed E-state index contributed by atoms with van der Waals surface area (Å²) in [7, 11) is 0. The van der Waals surface area contributed by atoms with Crippen molar-refractivity contribution in [3.05, 3.63) is 182 Å². The van der Waals surface area contributed by atoms with Crippen LogP contribution in [-0.2, 0) is 0 Å². The predicted octanol–water partition coefficient (Wildman–Crippen LogP) is 13.7. The number of hydrogen-bond acceptors (Lipinski definition) is 1. The van der Waals surface area contributed by atoms with Gasteiger partial charge in [-0.3, -0.25) is 0 Å². The summed E-state index contributed by atoms with van der Waals surface area (Å²) >= 11 is 0. The molecule has 1 heteroatoms. The number of hydrogen-bond donors (Lipinski definition) is 0. The van der Waals surface area contributed by atoms with Crippen LogP contribution >= 0.6 is 0 Å². The van der Waals surface area contributed by atoms with E-state index in [1.165, 1.54) is 65.7 Å². The molecule has 1 aromatic heterocycles. The van der Waals surface area contributed by atoms with E-state index in [-0.39, 0.29) is 0 Å². The summed E-state index contributed by atoms with van der Waals surface area (Å²) in [6, 6.07) is 65.6. The smallest absolute Gasteiger partial charge is 0.143 e. The third-order valence-electron chi connectivity index (χ3n) is 10.0. The van der Waals surface area contributed by atoms with E-state index >= 15 is 0 Å². The molecule has 0 unspecified atom stereocenters. The van der Waals surface area contributed by atoms with Gasteiger partial charge in [-0.2, -0.15) is 0 Å². The molecule has 49 heavy (non-hydrogen) atoms. The van der Waals surface area contributed by atoms with Crippen molar-refractivity contribution in [3.8, 4) is 55.8 Å². The summed E-state index contributed by atoms with van der Waals surface area (Å²) in [5.74, 6) is 0.887. The minimum Gasteiger partial charge on any atom is -0.455 e. The van der Waals surface area contributed by atoms with E-state index in [0.717, 1.165) is 33.4 Å². The number of rotatable bonds is 5. The summed E-state index contributed by atoms with van der Waals surface area (Å²) < 4.78 is 6.71. The van der Waals surface area contributed by atoms with E-state index in [9.17, 15) is 0 Å². The first-order valence-corrected chi connectivity index (χ1v) is 16.8. The van der Waals surface area contributed by atoms with Crippen LogP contribution in [0.5, 0.6) is 0 Å². The fourth-order valence-corrected chi connectivity index (χ4v) is 7.77. The second-order valence-electron chi connectivity index (χ2n) is 12.8. The molecule has 0 bridgehead atoms. The first-order valence-electron chi connectivity index (χ1n) is 16.8. The summed E-state index contributed by atoms with van der Waals surface area (Å²) in [6.07, 6.45) is 0. The Labute approximate surface area is 284 Å². The SMILES string of the molecule is c1ccc(-c2cccc(-c3c(-c4cccc(-c5ccc6ccc7c(-c8ccccc8)ccc8ccc5c6c87)c4)oc4ccccc34)c2)cc1. The molecule has 10 rings (SSSR count). The lowest BCUT2D eigenvalue weighted by molar-refractivity contribution is 0.632. The standard InChI is InChI=1S/C48H30O/c1-3-11-31(12-4-1)35-15-9-17-37(29-35)47-43-19-7-8-20-44(43)49-48(47)38-18-10-16-36(30-38)40-26-22-34-23-27-41-39(32-13-5-2-6-14-32)25-21-33-24-28-42(40)46(34)45(33)41/h1-30H. The Hall–Kier alpha value is -6.44. The maximum atomic E-state index is 6.71. The Morgan fingerprint density at radius 2 is 0.816 bits per heavy atom. The van der Waals surface area contributed by atoms with Gasteiger partial charge in [0.25, 0.3) is 0 Å². The molecule has 0 saturated heterocycles. The van der Waals surface area contributed by atoms with Gasteiger partial charge in [0, 0.05) is 16.5 Å². The predicted molar refractivity (Wildman–Crippen MR) is 207 cm³/mol. The molecule has 10 aromatic rings. The highest BCUT2D eigenvalue weighted by molar-refractivity contribution is 6.27. The zero-order chi connectivity index (χ0) is 32.3. The zero-order valence-corrected chi connectivity index (χ0v) is 26.7. The van der Waals surface area contributed by atoms with Crippen LogP contribution < -0.4 is 0 Å². The number of furan rings is 1. The molecule has 1 heterocycles. The Bertz CT molecular complexity index is 2810. The van der Waals surface area contributed by atoms with Gasteiger partial charge < -0.3 is 4.42 Å². The fraction of sp³-hybridized carbons (Fsp3) is 0. The molecule has 0 aliphatic carbocycles. The molecular formula is C48H30O. The lowest BCUT2D eigenvalue weighted by atomic mass is 9.87. The van der Waals surface area contributed by atoms with Crippen molar-refractivity contribution in [1.29, 1.82) is 0 Å². The van der Waals surface area contributed by atoms with Gasteiger partial charge >= 0.3 is 0 Å². The maximum Gasteiger partial charge on any atom is 0.143 e.